The molecule has 0 amide bonds. The Kier molecular flexibility index (Phi) is 7.63. The first-order chi connectivity index (χ1) is 18.0. The number of aromatic amines is 1. The number of imidazole rings is 1. The first-order valence-corrected chi connectivity index (χ1v) is 14.7. The van der Waals surface area contributed by atoms with Crippen molar-refractivity contribution < 1.29 is 35.8 Å². The van der Waals surface area contributed by atoms with Gasteiger partial charge in [0.1, 0.15) is 23.0 Å². The van der Waals surface area contributed by atoms with Crippen molar-refractivity contribution in [3.63, 3.8) is 0 Å². The maximum atomic E-state index is 13.7. The van der Waals surface area contributed by atoms with Crippen molar-refractivity contribution in [2.75, 3.05) is 26.6 Å². The van der Waals surface area contributed by atoms with E-state index >= 15 is 0 Å². The molecule has 0 aliphatic carbocycles. The van der Waals surface area contributed by atoms with E-state index in [4.69, 9.17) is 26.4 Å². The van der Waals surface area contributed by atoms with Crippen LogP contribution in [0.3, 0.4) is 0 Å². The molecule has 3 aromatic carbocycles. The van der Waals surface area contributed by atoms with Gasteiger partial charge in [0.2, 0.25) is 0 Å². The molecule has 4 aromatic rings. The lowest BCUT2D eigenvalue weighted by atomic mass is 10.2. The summed E-state index contributed by atoms with van der Waals surface area (Å²) in [6.45, 7) is 1.42. The molecule has 0 fully saturated rings. The van der Waals surface area contributed by atoms with Gasteiger partial charge < -0.3 is 19.2 Å². The fourth-order valence-electron chi connectivity index (χ4n) is 3.73. The second-order valence-corrected chi connectivity index (χ2v) is 12.5. The van der Waals surface area contributed by atoms with E-state index in [1.54, 1.807) is 24.3 Å². The van der Waals surface area contributed by atoms with Gasteiger partial charge in [0.15, 0.2) is 14.6 Å². The number of nitrogens with one attached hydrogen (secondary N) is 1. The highest BCUT2D eigenvalue weighted by Gasteiger charge is 2.27. The van der Waals surface area contributed by atoms with Crippen LogP contribution in [0.5, 0.6) is 11.5 Å². The number of aromatic nitrogens is 2. The number of nitrogens with zero attached hydrogens (tertiary/aromatic N) is 1. The second kappa shape index (κ2) is 10.6. The Hall–Kier alpha value is -3.68. The Morgan fingerprint density at radius 1 is 0.947 bits per heavy atom. The van der Waals surface area contributed by atoms with Gasteiger partial charge in [0, 0.05) is 6.07 Å². The Morgan fingerprint density at radius 3 is 2.32 bits per heavy atom. The number of hydrogen-bond donors (Lipinski definition) is 1. The summed E-state index contributed by atoms with van der Waals surface area (Å²) in [5, 5.41) is 0. The number of carbonyl (C=O) groups is 1. The smallest absolute Gasteiger partial charge is 0.338 e. The number of fused-ring (bicyclic) bond motifs is 1. The Balaban J connectivity index is 1.62. The lowest BCUT2D eigenvalue weighted by Gasteiger charge is -2.13. The molecule has 0 unspecified atom stereocenters. The summed E-state index contributed by atoms with van der Waals surface area (Å²) in [6.07, 6.45) is 0. The monoisotopic (exact) mass is 576 g/mol. The Morgan fingerprint density at radius 2 is 1.66 bits per heavy atom. The molecule has 0 aliphatic heterocycles. The third-order valence-corrected chi connectivity index (χ3v) is 9.56. The van der Waals surface area contributed by atoms with Crippen molar-refractivity contribution in [1.29, 1.82) is 0 Å². The number of benzene rings is 3. The molecular formula is C25H24N2O8S3. The minimum atomic E-state index is -4.34. The van der Waals surface area contributed by atoms with Crippen LogP contribution in [0.15, 0.2) is 70.5 Å². The van der Waals surface area contributed by atoms with E-state index in [9.17, 15) is 21.6 Å². The van der Waals surface area contributed by atoms with E-state index in [-0.39, 0.29) is 31.4 Å². The van der Waals surface area contributed by atoms with Gasteiger partial charge in [-0.05, 0) is 61.6 Å². The van der Waals surface area contributed by atoms with E-state index in [1.807, 2.05) is 6.92 Å². The summed E-state index contributed by atoms with van der Waals surface area (Å²) in [7, 11) is -5.24. The van der Waals surface area contributed by atoms with Crippen LogP contribution in [0.25, 0.3) is 11.0 Å². The molecule has 1 aromatic heterocycles. The summed E-state index contributed by atoms with van der Waals surface area (Å²) in [5.41, 5.74) is 1.51. The standard InChI is InChI=1S/C25H24N2O8S3/c1-16-4-8-19(9-5-16)37(29,30)13-12-35-24(28)17-6-11-22(34-3)23(14-17)38(31,32)27-21-10-7-18(33-2)15-20(21)26-25(27)36/h4-11,14-15H,12-13H2,1-3H3,(H,26,36). The molecule has 200 valence electrons. The predicted octanol–water partition coefficient (Wildman–Crippen LogP) is 3.89. The van der Waals surface area contributed by atoms with Crippen molar-refractivity contribution in [2.24, 2.45) is 0 Å². The van der Waals surface area contributed by atoms with Crippen molar-refractivity contribution in [1.82, 2.24) is 8.96 Å². The summed E-state index contributed by atoms with van der Waals surface area (Å²) in [5.74, 6) is -0.842. The van der Waals surface area contributed by atoms with E-state index in [0.29, 0.717) is 11.3 Å². The number of carbonyl (C=O) groups excluding carboxylic acids is 1. The van der Waals surface area contributed by atoms with Gasteiger partial charge in [-0.15, -0.1) is 0 Å². The van der Waals surface area contributed by atoms with E-state index in [1.165, 1.54) is 44.6 Å². The lowest BCUT2D eigenvalue weighted by Crippen LogP contribution is -2.17. The third-order valence-electron chi connectivity index (χ3n) is 5.73. The van der Waals surface area contributed by atoms with E-state index in [0.717, 1.165) is 15.6 Å². The lowest BCUT2D eigenvalue weighted by molar-refractivity contribution is 0.0529. The minimum Gasteiger partial charge on any atom is -0.497 e. The van der Waals surface area contributed by atoms with Crippen LogP contribution in [-0.4, -0.2) is 58.3 Å². The molecule has 10 nitrogen and oxygen atoms in total. The van der Waals surface area contributed by atoms with Crippen molar-refractivity contribution in [3.05, 3.63) is 76.6 Å². The van der Waals surface area contributed by atoms with Crippen LogP contribution in [0.4, 0.5) is 0 Å². The number of esters is 1. The molecule has 13 heteroatoms. The van der Waals surface area contributed by atoms with Gasteiger partial charge >= 0.3 is 5.97 Å². The summed E-state index contributed by atoms with van der Waals surface area (Å²) >= 11 is 5.28. The molecule has 1 N–H and O–H groups in total. The molecule has 0 spiro atoms. The molecule has 0 atom stereocenters. The van der Waals surface area contributed by atoms with Gasteiger partial charge in [0.25, 0.3) is 10.0 Å². The highest BCUT2D eigenvalue weighted by atomic mass is 32.2. The zero-order chi connectivity index (χ0) is 27.7. The zero-order valence-corrected chi connectivity index (χ0v) is 23.1. The summed E-state index contributed by atoms with van der Waals surface area (Å²) < 4.78 is 68.9. The first kappa shape index (κ1) is 27.4. The number of rotatable bonds is 9. The molecule has 0 saturated heterocycles. The average molecular weight is 577 g/mol. The molecule has 0 radical (unpaired) electrons. The molecule has 1 heterocycles. The Bertz CT molecular complexity index is 1790. The zero-order valence-electron chi connectivity index (χ0n) is 20.6. The second-order valence-electron chi connectivity index (χ2n) is 8.22. The van der Waals surface area contributed by atoms with Crippen molar-refractivity contribution in [3.8, 4) is 11.5 Å². The van der Waals surface area contributed by atoms with E-state index in [2.05, 4.69) is 4.98 Å². The number of hydrogen-bond acceptors (Lipinski definition) is 9. The molecule has 4 rings (SSSR count). The number of aryl methyl sites for hydroxylation is 1. The number of H-pyrrole nitrogens is 1. The maximum absolute atomic E-state index is 13.7. The van der Waals surface area contributed by atoms with Gasteiger partial charge in [-0.3, -0.25) is 0 Å². The average Bonchev–Trinajstić information content (AvgIpc) is 3.23. The van der Waals surface area contributed by atoms with Crippen LogP contribution in [0.2, 0.25) is 0 Å². The SMILES string of the molecule is COc1ccc2c(c1)[nH]c(=S)n2S(=O)(=O)c1cc(C(=O)OCCS(=O)(=O)c2ccc(C)cc2)ccc1OC. The molecule has 0 saturated carbocycles. The predicted molar refractivity (Wildman–Crippen MR) is 143 cm³/mol. The molecule has 0 aliphatic rings. The summed E-state index contributed by atoms with van der Waals surface area (Å²) in [6, 6.07) is 14.8. The fourth-order valence-corrected chi connectivity index (χ4v) is 6.88. The molecule has 0 bridgehead atoms. The number of sulfone groups is 1. The topological polar surface area (TPSA) is 134 Å². The summed E-state index contributed by atoms with van der Waals surface area (Å²) in [4.78, 5) is 15.4. The highest BCUT2D eigenvalue weighted by molar-refractivity contribution is 7.91. The van der Waals surface area contributed by atoms with Gasteiger partial charge in [-0.1, -0.05) is 17.7 Å². The van der Waals surface area contributed by atoms with Crippen LogP contribution >= 0.6 is 12.2 Å². The number of methoxy groups -OCH3 is 2. The van der Waals surface area contributed by atoms with Crippen molar-refractivity contribution in [2.45, 2.75) is 16.7 Å². The van der Waals surface area contributed by atoms with Crippen LogP contribution in [0.1, 0.15) is 15.9 Å². The van der Waals surface area contributed by atoms with Crippen molar-refractivity contribution >= 4 is 49.1 Å². The first-order valence-electron chi connectivity index (χ1n) is 11.2. The minimum absolute atomic E-state index is 0.0201. The third kappa shape index (κ3) is 5.30. The van der Waals surface area contributed by atoms with Crippen LogP contribution in [-0.2, 0) is 24.6 Å². The highest BCUT2D eigenvalue weighted by Crippen LogP contribution is 2.31. The van der Waals surface area contributed by atoms with Crippen LogP contribution in [0, 0.1) is 11.7 Å². The largest absolute Gasteiger partial charge is 0.497 e. The van der Waals surface area contributed by atoms with Gasteiger partial charge in [-0.2, -0.15) is 0 Å². The Labute approximate surface area is 224 Å². The fraction of sp³-hybridized carbons (Fsp3) is 0.200. The van der Waals surface area contributed by atoms with Gasteiger partial charge in [-0.25, -0.2) is 25.6 Å². The maximum Gasteiger partial charge on any atom is 0.338 e. The number of ether oxygens (including phenoxy) is 3. The molecule has 38 heavy (non-hydrogen) atoms. The normalized spacial score (nSPS) is 11.9. The molecular weight excluding hydrogens is 552 g/mol. The van der Waals surface area contributed by atoms with Gasteiger partial charge in [0.05, 0.1) is 41.5 Å². The van der Waals surface area contributed by atoms with Crippen LogP contribution < -0.4 is 9.47 Å². The van der Waals surface area contributed by atoms with E-state index < -0.39 is 38.2 Å². The quantitative estimate of drug-likeness (QED) is 0.233.